The fraction of sp³-hybridized carbons (Fsp3) is 0.211. The van der Waals surface area contributed by atoms with E-state index in [9.17, 15) is 24.5 Å². The lowest BCUT2D eigenvalue weighted by Gasteiger charge is -2.10. The van der Waals surface area contributed by atoms with Gasteiger partial charge in [0.25, 0.3) is 16.8 Å². The number of hydrogen-bond acceptors (Lipinski definition) is 7. The van der Waals surface area contributed by atoms with Crippen LogP contribution in [0.25, 0.3) is 0 Å². The highest BCUT2D eigenvalue weighted by Crippen LogP contribution is 2.23. The molecule has 0 heterocycles. The molecule has 2 amide bonds. The normalized spacial score (nSPS) is 10.2. The molecule has 0 spiro atoms. The number of nitrogens with zero attached hydrogens (tertiary/aromatic N) is 2. The van der Waals surface area contributed by atoms with Crippen LogP contribution in [-0.2, 0) is 4.74 Å². The second kappa shape index (κ2) is 9.69. The average molecular weight is 417 g/mol. The number of anilines is 1. The van der Waals surface area contributed by atoms with E-state index in [1.54, 1.807) is 45.3 Å². The van der Waals surface area contributed by atoms with Crippen LogP contribution in [0.1, 0.15) is 27.6 Å². The number of nitrogens with one attached hydrogen (secondary N) is 1. The Morgan fingerprint density at radius 1 is 1.10 bits per heavy atom. The molecule has 0 saturated carbocycles. The van der Waals surface area contributed by atoms with E-state index < -0.39 is 22.5 Å². The Morgan fingerprint density at radius 2 is 1.72 bits per heavy atom. The van der Waals surface area contributed by atoms with Crippen molar-refractivity contribution in [3.8, 4) is 0 Å². The Hall–Kier alpha value is -3.40. The van der Waals surface area contributed by atoms with Gasteiger partial charge in [-0.15, -0.1) is 0 Å². The average Bonchev–Trinajstić information content (AvgIpc) is 2.69. The fourth-order valence-electron chi connectivity index (χ4n) is 2.18. The first kappa shape index (κ1) is 21.9. The van der Waals surface area contributed by atoms with Gasteiger partial charge in [-0.25, -0.2) is 4.79 Å². The summed E-state index contributed by atoms with van der Waals surface area (Å²) in [4.78, 5) is 48.7. The Labute approximate surface area is 171 Å². The van der Waals surface area contributed by atoms with Gasteiger partial charge in [0, 0.05) is 42.4 Å². The van der Waals surface area contributed by atoms with Gasteiger partial charge in [0.05, 0.1) is 17.1 Å². The third kappa shape index (κ3) is 6.04. The van der Waals surface area contributed by atoms with Crippen molar-refractivity contribution in [2.24, 2.45) is 0 Å². The van der Waals surface area contributed by atoms with Crippen molar-refractivity contribution in [3.63, 3.8) is 0 Å². The first-order valence-corrected chi connectivity index (χ1v) is 9.30. The van der Waals surface area contributed by atoms with Crippen molar-refractivity contribution in [2.75, 3.05) is 26.0 Å². The molecule has 0 saturated heterocycles. The molecule has 0 aromatic heterocycles. The lowest BCUT2D eigenvalue weighted by atomic mass is 10.1. The molecule has 9 nitrogen and oxygen atoms in total. The number of hydrogen-bond donors (Lipinski definition) is 1. The summed E-state index contributed by atoms with van der Waals surface area (Å²) >= 11 is 1.04. The van der Waals surface area contributed by atoms with E-state index in [1.807, 2.05) is 0 Å². The number of non-ortho nitro benzene ring substituents is 1. The molecule has 2 rings (SSSR count). The molecule has 0 aliphatic heterocycles. The van der Waals surface area contributed by atoms with E-state index >= 15 is 0 Å². The van der Waals surface area contributed by atoms with Gasteiger partial charge in [0.2, 0.25) is 0 Å². The highest BCUT2D eigenvalue weighted by Gasteiger charge is 2.19. The summed E-state index contributed by atoms with van der Waals surface area (Å²) in [5, 5.41) is 13.6. The van der Waals surface area contributed by atoms with Gasteiger partial charge < -0.3 is 15.0 Å². The molecule has 2 aromatic rings. The van der Waals surface area contributed by atoms with Crippen LogP contribution >= 0.6 is 11.8 Å². The van der Waals surface area contributed by atoms with Gasteiger partial charge in [-0.3, -0.25) is 19.7 Å². The van der Waals surface area contributed by atoms with Crippen LogP contribution in [0.4, 0.5) is 16.2 Å². The van der Waals surface area contributed by atoms with Crippen molar-refractivity contribution in [1.82, 2.24) is 4.90 Å². The second-order valence-electron chi connectivity index (χ2n) is 5.99. The minimum atomic E-state index is -0.753. The summed E-state index contributed by atoms with van der Waals surface area (Å²) in [6.07, 6.45) is 0. The lowest BCUT2D eigenvalue weighted by Crippen LogP contribution is -2.16. The maximum absolute atomic E-state index is 12.5. The predicted molar refractivity (Wildman–Crippen MR) is 108 cm³/mol. The van der Waals surface area contributed by atoms with Gasteiger partial charge in [0.15, 0.2) is 0 Å². The molecule has 2 aromatic carbocycles. The summed E-state index contributed by atoms with van der Waals surface area (Å²) in [6, 6.07) is 9.92. The van der Waals surface area contributed by atoms with Gasteiger partial charge in [-0.1, -0.05) is 0 Å². The summed E-state index contributed by atoms with van der Waals surface area (Å²) in [7, 11) is 3.29. The topological polar surface area (TPSA) is 119 Å². The number of rotatable bonds is 6. The number of nitro benzene ring substituents is 1. The molecular formula is C19H19N3O6S. The number of benzene rings is 2. The molecule has 0 unspecified atom stereocenters. The molecule has 0 fully saturated rings. The first-order valence-electron chi connectivity index (χ1n) is 8.48. The summed E-state index contributed by atoms with van der Waals surface area (Å²) < 4.78 is 4.85. The van der Waals surface area contributed by atoms with Crippen LogP contribution in [0, 0.1) is 10.1 Å². The maximum atomic E-state index is 12.5. The van der Waals surface area contributed by atoms with Crippen molar-refractivity contribution in [3.05, 3.63) is 63.7 Å². The first-order chi connectivity index (χ1) is 13.7. The van der Waals surface area contributed by atoms with E-state index in [-0.39, 0.29) is 23.0 Å². The smallest absolute Gasteiger partial charge is 0.338 e. The highest BCUT2D eigenvalue weighted by atomic mass is 32.2. The Kier molecular flexibility index (Phi) is 7.32. The van der Waals surface area contributed by atoms with Crippen LogP contribution in [0.3, 0.4) is 0 Å². The van der Waals surface area contributed by atoms with Crippen molar-refractivity contribution >= 4 is 40.3 Å². The number of esters is 1. The second-order valence-corrected chi connectivity index (χ2v) is 7.01. The van der Waals surface area contributed by atoms with E-state index in [2.05, 4.69) is 5.32 Å². The Morgan fingerprint density at radius 3 is 2.28 bits per heavy atom. The molecule has 152 valence electrons. The van der Waals surface area contributed by atoms with E-state index in [4.69, 9.17) is 4.74 Å². The zero-order valence-corrected chi connectivity index (χ0v) is 16.8. The SMILES string of the molecule is CCOC(=O)c1cc(C(=O)Nc2ccc(SC(=O)N(C)C)cc2)cc([N+](=O)[O-])c1. The standard InChI is InChI=1S/C19H19N3O6S/c1-4-28-18(24)13-9-12(10-15(11-13)22(26)27)17(23)20-14-5-7-16(8-6-14)29-19(25)21(2)3/h5-11H,4H2,1-3H3,(H,20,23). The summed E-state index contributed by atoms with van der Waals surface area (Å²) in [5.74, 6) is -1.37. The molecule has 29 heavy (non-hydrogen) atoms. The third-order valence-corrected chi connectivity index (χ3v) is 4.63. The number of nitro groups is 1. The van der Waals surface area contributed by atoms with Crippen molar-refractivity contribution in [2.45, 2.75) is 11.8 Å². The van der Waals surface area contributed by atoms with Crippen LogP contribution in [0.15, 0.2) is 47.4 Å². The molecule has 0 aliphatic carbocycles. The zero-order valence-electron chi connectivity index (χ0n) is 16.0. The molecule has 0 atom stereocenters. The van der Waals surface area contributed by atoms with Crippen molar-refractivity contribution in [1.29, 1.82) is 0 Å². The molecule has 0 radical (unpaired) electrons. The molecule has 0 aliphatic rings. The number of thioether (sulfide) groups is 1. The van der Waals surface area contributed by atoms with Crippen molar-refractivity contribution < 1.29 is 24.0 Å². The van der Waals surface area contributed by atoms with E-state index in [0.717, 1.165) is 23.9 Å². The van der Waals surface area contributed by atoms with Gasteiger partial charge in [0.1, 0.15) is 0 Å². The van der Waals surface area contributed by atoms with Crippen LogP contribution in [-0.4, -0.2) is 47.6 Å². The molecular weight excluding hydrogens is 398 g/mol. The third-order valence-electron chi connectivity index (χ3n) is 3.58. The number of carbonyl (C=O) groups excluding carboxylic acids is 3. The number of ether oxygens (including phenoxy) is 1. The van der Waals surface area contributed by atoms with Gasteiger partial charge in [-0.05, 0) is 49.0 Å². The number of amides is 2. The highest BCUT2D eigenvalue weighted by molar-refractivity contribution is 8.13. The zero-order chi connectivity index (χ0) is 21.6. The Balaban J connectivity index is 2.20. The quantitative estimate of drug-likeness (QED) is 0.329. The van der Waals surface area contributed by atoms with Crippen LogP contribution in [0.5, 0.6) is 0 Å². The molecule has 0 bridgehead atoms. The largest absolute Gasteiger partial charge is 0.462 e. The lowest BCUT2D eigenvalue weighted by molar-refractivity contribution is -0.384. The van der Waals surface area contributed by atoms with E-state index in [0.29, 0.717) is 10.6 Å². The van der Waals surface area contributed by atoms with Gasteiger partial charge in [-0.2, -0.15) is 0 Å². The maximum Gasteiger partial charge on any atom is 0.338 e. The minimum absolute atomic E-state index is 0.0523. The monoisotopic (exact) mass is 417 g/mol. The molecule has 10 heteroatoms. The fourth-order valence-corrected chi connectivity index (χ4v) is 2.84. The number of carbonyl (C=O) groups is 3. The molecule has 1 N–H and O–H groups in total. The summed E-state index contributed by atoms with van der Waals surface area (Å²) in [6.45, 7) is 1.71. The van der Waals surface area contributed by atoms with Crippen LogP contribution < -0.4 is 5.32 Å². The minimum Gasteiger partial charge on any atom is -0.462 e. The summed E-state index contributed by atoms with van der Waals surface area (Å²) in [5.41, 5.74) is -0.0980. The van der Waals surface area contributed by atoms with Crippen LogP contribution in [0.2, 0.25) is 0 Å². The predicted octanol–water partition coefficient (Wildman–Crippen LogP) is 3.80. The van der Waals surface area contributed by atoms with E-state index in [1.165, 1.54) is 11.0 Å². The van der Waals surface area contributed by atoms with Gasteiger partial charge >= 0.3 is 5.97 Å². The Bertz CT molecular complexity index is 943.